The summed E-state index contributed by atoms with van der Waals surface area (Å²) in [6, 6.07) is 8.94. The molecule has 0 saturated heterocycles. The predicted octanol–water partition coefficient (Wildman–Crippen LogP) is 6.82. The summed E-state index contributed by atoms with van der Waals surface area (Å²) in [5.41, 5.74) is 1.02. The number of halogens is 3. The van der Waals surface area contributed by atoms with E-state index in [2.05, 4.69) is 25.0 Å². The molecule has 1 aromatic carbocycles. The lowest BCUT2D eigenvalue weighted by molar-refractivity contribution is -0.274. The highest BCUT2D eigenvalue weighted by atomic mass is 19.4. The first-order valence-corrected chi connectivity index (χ1v) is 14.2. The maximum atomic E-state index is 13.1. The number of hydrogen-bond donors (Lipinski definition) is 1. The number of para-hydroxylation sites is 1. The molecular formula is C30H27F3N4O6. The first-order valence-electron chi connectivity index (χ1n) is 14.2. The van der Waals surface area contributed by atoms with Crippen LogP contribution in [0.15, 0.2) is 51.6 Å². The maximum absolute atomic E-state index is 13.1. The van der Waals surface area contributed by atoms with Crippen LogP contribution in [0, 0.1) is 0 Å². The summed E-state index contributed by atoms with van der Waals surface area (Å²) in [5, 5.41) is 17.4. The number of aromatic carboxylic acids is 1. The number of aromatic nitrogens is 4. The first kappa shape index (κ1) is 27.6. The van der Waals surface area contributed by atoms with Crippen LogP contribution >= 0.6 is 0 Å². The number of rotatable bonds is 9. The number of ether oxygens (including phenoxy) is 2. The third-order valence-corrected chi connectivity index (χ3v) is 8.96. The molecule has 1 N–H and O–H groups in total. The molecule has 2 bridgehead atoms. The van der Waals surface area contributed by atoms with Crippen molar-refractivity contribution in [2.75, 3.05) is 0 Å². The predicted molar refractivity (Wildman–Crippen MR) is 142 cm³/mol. The minimum absolute atomic E-state index is 0.0663. The van der Waals surface area contributed by atoms with Gasteiger partial charge in [0.05, 0.1) is 17.6 Å². The molecule has 0 unspecified atom stereocenters. The van der Waals surface area contributed by atoms with Crippen molar-refractivity contribution in [2.24, 2.45) is 0 Å². The number of nitrogens with zero attached hydrogens (tertiary/aromatic N) is 4. The zero-order chi connectivity index (χ0) is 29.8. The van der Waals surface area contributed by atoms with E-state index in [4.69, 9.17) is 18.9 Å². The van der Waals surface area contributed by atoms with Gasteiger partial charge in [-0.15, -0.1) is 13.2 Å². The summed E-state index contributed by atoms with van der Waals surface area (Å²) in [4.78, 5) is 19.7. The van der Waals surface area contributed by atoms with Gasteiger partial charge >= 0.3 is 12.3 Å². The van der Waals surface area contributed by atoms with E-state index < -0.39 is 17.9 Å². The Bertz CT molecular complexity index is 1640. The molecule has 0 spiro atoms. The lowest BCUT2D eigenvalue weighted by Crippen LogP contribution is -2.49. The Balaban J connectivity index is 1.07. The van der Waals surface area contributed by atoms with E-state index in [0.717, 1.165) is 51.4 Å². The lowest BCUT2D eigenvalue weighted by Gasteiger charge is -2.51. The van der Waals surface area contributed by atoms with Crippen molar-refractivity contribution in [3.8, 4) is 28.4 Å². The smallest absolute Gasteiger partial charge is 0.477 e. The van der Waals surface area contributed by atoms with Crippen LogP contribution in [0.4, 0.5) is 13.2 Å². The summed E-state index contributed by atoms with van der Waals surface area (Å²) < 4.78 is 61.7. The number of hydrogen-bond acceptors (Lipinski definition) is 9. The molecule has 4 aromatic rings. The zero-order valence-corrected chi connectivity index (χ0v) is 22.9. The number of carboxylic acid groups (broad SMARTS) is 1. The summed E-state index contributed by atoms with van der Waals surface area (Å²) in [7, 11) is 0. The minimum Gasteiger partial charge on any atom is -0.477 e. The fraction of sp³-hybridized carbons (Fsp3) is 0.433. The van der Waals surface area contributed by atoms with E-state index in [1.165, 1.54) is 24.4 Å². The largest absolute Gasteiger partial charge is 0.573 e. The monoisotopic (exact) mass is 596 g/mol. The van der Waals surface area contributed by atoms with Crippen LogP contribution in [-0.2, 0) is 16.8 Å². The Kier molecular flexibility index (Phi) is 6.53. The molecule has 4 saturated carbocycles. The Morgan fingerprint density at radius 3 is 2.40 bits per heavy atom. The number of benzene rings is 1. The van der Waals surface area contributed by atoms with E-state index in [9.17, 15) is 18.0 Å². The molecule has 13 heteroatoms. The molecule has 10 nitrogen and oxygen atoms in total. The molecule has 3 aromatic heterocycles. The van der Waals surface area contributed by atoms with Gasteiger partial charge in [-0.3, -0.25) is 0 Å². The quantitative estimate of drug-likeness (QED) is 0.219. The van der Waals surface area contributed by atoms with Crippen LogP contribution in [0.1, 0.15) is 85.0 Å². The van der Waals surface area contributed by atoms with Crippen molar-refractivity contribution < 1.29 is 41.6 Å². The molecule has 0 aliphatic heterocycles. The van der Waals surface area contributed by atoms with Gasteiger partial charge in [0.1, 0.15) is 22.9 Å². The zero-order valence-electron chi connectivity index (χ0n) is 22.9. The number of carboxylic acids is 1. The second kappa shape index (κ2) is 10.2. The van der Waals surface area contributed by atoms with Gasteiger partial charge in [0, 0.05) is 28.8 Å². The maximum Gasteiger partial charge on any atom is 0.573 e. The summed E-state index contributed by atoms with van der Waals surface area (Å²) in [6.07, 6.45) is 3.04. The van der Waals surface area contributed by atoms with Crippen LogP contribution in [0.5, 0.6) is 5.75 Å². The molecule has 8 rings (SSSR count). The Morgan fingerprint density at radius 2 is 1.74 bits per heavy atom. The Hall–Kier alpha value is -4.26. The van der Waals surface area contributed by atoms with Crippen molar-refractivity contribution in [3.05, 3.63) is 65.5 Å². The van der Waals surface area contributed by atoms with Gasteiger partial charge in [-0.2, -0.15) is 4.98 Å². The van der Waals surface area contributed by atoms with E-state index in [-0.39, 0.29) is 34.9 Å². The molecule has 224 valence electrons. The fourth-order valence-electron chi connectivity index (χ4n) is 6.34. The van der Waals surface area contributed by atoms with Gasteiger partial charge in [0.25, 0.3) is 0 Å². The second-order valence-electron chi connectivity index (χ2n) is 11.6. The van der Waals surface area contributed by atoms with Crippen LogP contribution in [0.3, 0.4) is 0 Å². The third kappa shape index (κ3) is 5.26. The number of fused-ring (bicyclic) bond motifs is 3. The summed E-state index contributed by atoms with van der Waals surface area (Å²) >= 11 is 0. The number of carbonyl (C=O) groups is 1. The van der Waals surface area contributed by atoms with E-state index in [1.807, 2.05) is 0 Å². The van der Waals surface area contributed by atoms with Gasteiger partial charge in [0.15, 0.2) is 0 Å². The molecule has 0 amide bonds. The van der Waals surface area contributed by atoms with Crippen molar-refractivity contribution in [1.29, 1.82) is 0 Å². The van der Waals surface area contributed by atoms with Gasteiger partial charge in [-0.1, -0.05) is 22.4 Å². The van der Waals surface area contributed by atoms with Gasteiger partial charge in [-0.25, -0.2) is 9.78 Å². The van der Waals surface area contributed by atoms with Gasteiger partial charge in [-0.05, 0) is 75.6 Å². The average molecular weight is 597 g/mol. The van der Waals surface area contributed by atoms with Crippen LogP contribution in [-0.4, -0.2) is 43.3 Å². The van der Waals surface area contributed by atoms with Gasteiger partial charge < -0.3 is 23.6 Å². The highest BCUT2D eigenvalue weighted by Crippen LogP contribution is 2.55. The molecule has 4 aliphatic carbocycles. The average Bonchev–Trinajstić information content (AvgIpc) is 3.55. The Labute approximate surface area is 243 Å². The molecular weight excluding hydrogens is 569 g/mol. The Morgan fingerprint density at radius 1 is 1.00 bits per heavy atom. The third-order valence-electron chi connectivity index (χ3n) is 8.96. The highest BCUT2D eigenvalue weighted by molar-refractivity contribution is 5.85. The van der Waals surface area contributed by atoms with E-state index in [1.54, 1.807) is 18.2 Å². The standard InChI is InChI=1S/C30H27F3N4O6/c31-30(32,33)41-22-4-2-1-3-19(22)23-20(24(42-36-23)17-5-6-17)16-40-29-12-9-28(10-13-29,11-14-29)27-35-25(37-43-27)18-7-8-21(26(38)39)34-15-18/h1-4,7-8,15,17H,5-6,9-14,16H2,(H,38,39). The second-order valence-corrected chi connectivity index (χ2v) is 11.6. The summed E-state index contributed by atoms with van der Waals surface area (Å²) in [5.74, 6) is 0.307. The molecule has 43 heavy (non-hydrogen) atoms. The topological polar surface area (TPSA) is 134 Å². The van der Waals surface area contributed by atoms with Gasteiger partial charge in [0.2, 0.25) is 11.7 Å². The van der Waals surface area contributed by atoms with Crippen LogP contribution < -0.4 is 4.74 Å². The molecule has 4 fully saturated rings. The van der Waals surface area contributed by atoms with Crippen molar-refractivity contribution in [2.45, 2.75) is 81.3 Å². The lowest BCUT2D eigenvalue weighted by atomic mass is 9.58. The van der Waals surface area contributed by atoms with Crippen LogP contribution in [0.2, 0.25) is 0 Å². The molecule has 4 aliphatic rings. The van der Waals surface area contributed by atoms with E-state index in [0.29, 0.717) is 34.3 Å². The van der Waals surface area contributed by atoms with E-state index >= 15 is 0 Å². The minimum atomic E-state index is -4.84. The first-order chi connectivity index (χ1) is 20.6. The molecule has 3 heterocycles. The molecule has 0 radical (unpaired) electrons. The van der Waals surface area contributed by atoms with Crippen molar-refractivity contribution in [3.63, 3.8) is 0 Å². The fourth-order valence-corrected chi connectivity index (χ4v) is 6.34. The van der Waals surface area contributed by atoms with Crippen molar-refractivity contribution in [1.82, 2.24) is 20.3 Å². The highest BCUT2D eigenvalue weighted by Gasteiger charge is 2.53. The molecule has 0 atom stereocenters. The SMILES string of the molecule is O=C(O)c1ccc(-c2noc(C34CCC(OCc5c(-c6ccccc6OC(F)(F)F)noc5C5CC5)(CC3)CC4)n2)cn1. The van der Waals surface area contributed by atoms with Crippen LogP contribution in [0.25, 0.3) is 22.6 Å². The number of pyridine rings is 1. The normalized spacial score (nSPS) is 23.4. The summed E-state index contributed by atoms with van der Waals surface area (Å²) in [6.45, 7) is 0.169. The number of alkyl halides is 3. The van der Waals surface area contributed by atoms with Crippen molar-refractivity contribution >= 4 is 5.97 Å².